The van der Waals surface area contributed by atoms with E-state index in [0.29, 0.717) is 25.1 Å². The van der Waals surface area contributed by atoms with Crippen LogP contribution in [0.3, 0.4) is 0 Å². The fraction of sp³-hybridized carbons (Fsp3) is 0.333. The standard InChI is InChI=1S/C30H30ClF2N5O4/c1-17(28(34)39)42-26-13-11-21(15-35-26)38-25-5-3-2-4-24(25)37(30(38)41)16-18-6-9-20(10-7-18)36-29(40)23-14-19(31)8-12-22(23)27(32)33/h2-5,8,11-15,17-18,20,27H,6-7,9-10,16H2,1H3,(H2,34,39)(H,36,40)/t17-,18?,20?/m0/s1. The Morgan fingerprint density at radius 1 is 1.10 bits per heavy atom. The van der Waals surface area contributed by atoms with E-state index >= 15 is 0 Å². The SMILES string of the molecule is C[C@H](Oc1ccc(-n2c(=O)n(CC3CCC(NC(=O)c4cc(Cl)ccc4C(F)F)CC3)c3ccccc32)cn1)C(N)=O. The molecule has 5 rings (SSSR count). The first-order valence-electron chi connectivity index (χ1n) is 13.6. The minimum Gasteiger partial charge on any atom is -0.465 e. The van der Waals surface area contributed by atoms with Gasteiger partial charge in [0.15, 0.2) is 6.10 Å². The van der Waals surface area contributed by atoms with Crippen LogP contribution >= 0.6 is 11.6 Å². The number of hydrogen-bond acceptors (Lipinski definition) is 5. The van der Waals surface area contributed by atoms with Crippen molar-refractivity contribution in [1.82, 2.24) is 19.4 Å². The van der Waals surface area contributed by atoms with Crippen molar-refractivity contribution in [3.63, 3.8) is 0 Å². The van der Waals surface area contributed by atoms with Gasteiger partial charge in [0, 0.05) is 34.8 Å². The van der Waals surface area contributed by atoms with Gasteiger partial charge in [-0.3, -0.25) is 18.7 Å². The number of nitrogens with zero attached hydrogens (tertiary/aromatic N) is 3. The van der Waals surface area contributed by atoms with Gasteiger partial charge in [-0.15, -0.1) is 0 Å². The first-order chi connectivity index (χ1) is 20.1. The first-order valence-corrected chi connectivity index (χ1v) is 14.0. The Balaban J connectivity index is 1.29. The van der Waals surface area contributed by atoms with Gasteiger partial charge in [-0.25, -0.2) is 18.6 Å². The number of alkyl halides is 2. The number of halogens is 3. The van der Waals surface area contributed by atoms with Gasteiger partial charge in [-0.05, 0) is 68.9 Å². The number of aromatic nitrogens is 3. The molecule has 2 aromatic heterocycles. The molecule has 1 aliphatic rings. The van der Waals surface area contributed by atoms with Gasteiger partial charge < -0.3 is 15.8 Å². The fourth-order valence-corrected chi connectivity index (χ4v) is 5.55. The zero-order valence-corrected chi connectivity index (χ0v) is 23.6. The van der Waals surface area contributed by atoms with Crippen LogP contribution < -0.4 is 21.5 Å². The number of rotatable bonds is 9. The van der Waals surface area contributed by atoms with E-state index in [-0.39, 0.29) is 39.7 Å². The average molecular weight is 598 g/mol. The maximum Gasteiger partial charge on any atom is 0.333 e. The van der Waals surface area contributed by atoms with E-state index in [1.807, 2.05) is 24.3 Å². The Morgan fingerprint density at radius 2 is 1.81 bits per heavy atom. The molecule has 0 bridgehead atoms. The van der Waals surface area contributed by atoms with E-state index < -0.39 is 24.3 Å². The van der Waals surface area contributed by atoms with Gasteiger partial charge in [-0.2, -0.15) is 0 Å². The Labute approximate surface area is 245 Å². The summed E-state index contributed by atoms with van der Waals surface area (Å²) in [6, 6.07) is 14.4. The lowest BCUT2D eigenvalue weighted by atomic mass is 9.85. The normalized spacial score (nSPS) is 17.7. The molecule has 42 heavy (non-hydrogen) atoms. The van der Waals surface area contributed by atoms with Gasteiger partial charge >= 0.3 is 5.69 Å². The molecule has 1 saturated carbocycles. The molecule has 0 aliphatic heterocycles. The third-order valence-corrected chi connectivity index (χ3v) is 7.87. The number of ether oxygens (including phenoxy) is 1. The molecule has 0 unspecified atom stereocenters. The monoisotopic (exact) mass is 597 g/mol. The van der Waals surface area contributed by atoms with Crippen molar-refractivity contribution in [2.75, 3.05) is 0 Å². The van der Waals surface area contributed by atoms with Crippen LogP contribution in [0.2, 0.25) is 5.02 Å². The number of pyridine rings is 1. The number of nitrogens with one attached hydrogen (secondary N) is 1. The van der Waals surface area contributed by atoms with Crippen LogP contribution in [0, 0.1) is 5.92 Å². The van der Waals surface area contributed by atoms with Crippen molar-refractivity contribution >= 4 is 34.4 Å². The molecule has 3 N–H and O–H groups in total. The van der Waals surface area contributed by atoms with Gasteiger partial charge in [0.2, 0.25) is 5.88 Å². The van der Waals surface area contributed by atoms with Gasteiger partial charge in [0.25, 0.3) is 18.2 Å². The second-order valence-corrected chi connectivity index (χ2v) is 10.9. The summed E-state index contributed by atoms with van der Waals surface area (Å²) in [7, 11) is 0. The molecule has 1 aliphatic carbocycles. The van der Waals surface area contributed by atoms with E-state index in [0.717, 1.165) is 23.9 Å². The van der Waals surface area contributed by atoms with Crippen molar-refractivity contribution in [3.05, 3.63) is 87.4 Å². The van der Waals surface area contributed by atoms with Gasteiger partial charge in [0.05, 0.1) is 22.9 Å². The lowest BCUT2D eigenvalue weighted by Crippen LogP contribution is -2.39. The van der Waals surface area contributed by atoms with Crippen LogP contribution in [0.5, 0.6) is 5.88 Å². The minimum atomic E-state index is -2.79. The van der Waals surface area contributed by atoms with Gasteiger partial charge in [-0.1, -0.05) is 29.8 Å². The van der Waals surface area contributed by atoms with Gasteiger partial charge in [0.1, 0.15) is 0 Å². The third kappa shape index (κ3) is 6.15. The zero-order valence-electron chi connectivity index (χ0n) is 22.8. The molecule has 220 valence electrons. The number of benzene rings is 2. The first kappa shape index (κ1) is 29.2. The molecule has 9 nitrogen and oxygen atoms in total. The van der Waals surface area contributed by atoms with Crippen molar-refractivity contribution in [3.8, 4) is 11.6 Å². The summed E-state index contributed by atoms with van der Waals surface area (Å²) in [4.78, 5) is 42.0. The zero-order chi connectivity index (χ0) is 30.0. The molecule has 12 heteroatoms. The van der Waals surface area contributed by atoms with Crippen LogP contribution in [0.15, 0.2) is 65.6 Å². The Morgan fingerprint density at radius 3 is 2.45 bits per heavy atom. The predicted molar refractivity (Wildman–Crippen MR) is 154 cm³/mol. The molecular weight excluding hydrogens is 568 g/mol. The van der Waals surface area contributed by atoms with E-state index in [9.17, 15) is 23.2 Å². The number of nitrogens with two attached hydrogens (primary N) is 1. The van der Waals surface area contributed by atoms with Crippen LogP contribution in [-0.2, 0) is 11.3 Å². The Hall–Kier alpha value is -4.25. The lowest BCUT2D eigenvalue weighted by molar-refractivity contribution is -0.124. The van der Waals surface area contributed by atoms with E-state index in [1.54, 1.807) is 21.3 Å². The molecule has 0 spiro atoms. The molecule has 2 aromatic carbocycles. The predicted octanol–water partition coefficient (Wildman–Crippen LogP) is 5.02. The summed E-state index contributed by atoms with van der Waals surface area (Å²) in [6.45, 7) is 2.02. The second kappa shape index (κ2) is 12.3. The number of imidazole rings is 1. The highest BCUT2D eigenvalue weighted by atomic mass is 35.5. The topological polar surface area (TPSA) is 121 Å². The Kier molecular flexibility index (Phi) is 8.58. The van der Waals surface area contributed by atoms with Crippen molar-refractivity contribution in [2.24, 2.45) is 11.7 Å². The summed E-state index contributed by atoms with van der Waals surface area (Å²) >= 11 is 5.96. The number of fused-ring (bicyclic) bond motifs is 1. The molecular formula is C30H30ClF2N5O4. The summed E-state index contributed by atoms with van der Waals surface area (Å²) in [5, 5.41) is 3.10. The number of carbonyl (C=O) groups excluding carboxylic acids is 2. The maximum atomic E-state index is 13.7. The summed E-state index contributed by atoms with van der Waals surface area (Å²) in [6.07, 6.45) is 0.691. The van der Waals surface area contributed by atoms with Crippen molar-refractivity contribution in [2.45, 2.75) is 57.7 Å². The van der Waals surface area contributed by atoms with E-state index in [2.05, 4.69) is 10.3 Å². The number of amides is 2. The van der Waals surface area contributed by atoms with Crippen LogP contribution in [0.4, 0.5) is 8.78 Å². The summed E-state index contributed by atoms with van der Waals surface area (Å²) < 4.78 is 35.6. The Bertz CT molecular complexity index is 1660. The molecule has 2 amide bonds. The van der Waals surface area contributed by atoms with Crippen LogP contribution in [0.1, 0.15) is 55.0 Å². The van der Waals surface area contributed by atoms with Crippen LogP contribution in [-0.4, -0.2) is 38.1 Å². The van der Waals surface area contributed by atoms with Crippen LogP contribution in [0.25, 0.3) is 16.7 Å². The number of para-hydroxylation sites is 2. The molecule has 0 saturated heterocycles. The molecule has 0 radical (unpaired) electrons. The number of hydrogen-bond donors (Lipinski definition) is 2. The number of carbonyl (C=O) groups is 2. The highest BCUT2D eigenvalue weighted by Gasteiger charge is 2.27. The lowest BCUT2D eigenvalue weighted by Gasteiger charge is -2.29. The molecule has 4 aromatic rings. The third-order valence-electron chi connectivity index (χ3n) is 7.63. The molecule has 1 atom stereocenters. The highest BCUT2D eigenvalue weighted by molar-refractivity contribution is 6.31. The van der Waals surface area contributed by atoms with Crippen molar-refractivity contribution < 1.29 is 23.1 Å². The summed E-state index contributed by atoms with van der Waals surface area (Å²) in [5.74, 6) is -0.781. The summed E-state index contributed by atoms with van der Waals surface area (Å²) in [5.41, 5.74) is 6.62. The number of primary amides is 1. The molecule has 2 heterocycles. The maximum absolute atomic E-state index is 13.7. The largest absolute Gasteiger partial charge is 0.465 e. The highest BCUT2D eigenvalue weighted by Crippen LogP contribution is 2.29. The van der Waals surface area contributed by atoms with Crippen molar-refractivity contribution in [1.29, 1.82) is 0 Å². The van der Waals surface area contributed by atoms with E-state index in [1.165, 1.54) is 31.3 Å². The second-order valence-electron chi connectivity index (χ2n) is 10.5. The minimum absolute atomic E-state index is 0.115. The van der Waals surface area contributed by atoms with E-state index in [4.69, 9.17) is 22.1 Å². The average Bonchev–Trinajstić information content (AvgIpc) is 3.25. The fourth-order valence-electron chi connectivity index (χ4n) is 5.37. The smallest absolute Gasteiger partial charge is 0.333 e. The molecule has 1 fully saturated rings. The quantitative estimate of drug-likeness (QED) is 0.281.